The number of carbonyl (C=O) groups excluding carboxylic acids is 3. The molecule has 0 spiro atoms. The molecule has 14 nitrogen and oxygen atoms in total. The summed E-state index contributed by atoms with van der Waals surface area (Å²) in [5.74, 6) is -7.03. The van der Waals surface area contributed by atoms with E-state index in [1.165, 1.54) is 0 Å². The molecule has 0 saturated heterocycles. The maximum atomic E-state index is 11.9. The fourth-order valence-electron chi connectivity index (χ4n) is 1.81. The lowest BCUT2D eigenvalue weighted by molar-refractivity contribution is -0.143. The van der Waals surface area contributed by atoms with Crippen molar-refractivity contribution in [3.8, 4) is 0 Å². The molecule has 0 bridgehead atoms. The van der Waals surface area contributed by atoms with Crippen molar-refractivity contribution in [2.75, 3.05) is 13.2 Å². The molecule has 158 valence electrons. The summed E-state index contributed by atoms with van der Waals surface area (Å²) in [6.45, 7) is -1.60. The van der Waals surface area contributed by atoms with E-state index in [-0.39, 0.29) is 6.42 Å². The molecular formula is C14H22N4O10. The van der Waals surface area contributed by atoms with Crippen molar-refractivity contribution < 1.29 is 49.2 Å². The smallest absolute Gasteiger partial charge is 0.326 e. The minimum Gasteiger partial charge on any atom is -0.481 e. The highest BCUT2D eigenvalue weighted by Gasteiger charge is 2.25. The number of aliphatic hydroxyl groups excluding tert-OH is 1. The first kappa shape index (κ1) is 24.7. The molecule has 14 heteroatoms. The van der Waals surface area contributed by atoms with Gasteiger partial charge in [0.2, 0.25) is 17.7 Å². The summed E-state index contributed by atoms with van der Waals surface area (Å²) >= 11 is 0. The number of aliphatic carboxylic acids is 3. The number of rotatable bonds is 13. The molecular weight excluding hydrogens is 384 g/mol. The highest BCUT2D eigenvalue weighted by Crippen LogP contribution is 1.98. The third-order valence-electron chi connectivity index (χ3n) is 3.25. The molecule has 0 rings (SSSR count). The van der Waals surface area contributed by atoms with E-state index in [0.29, 0.717) is 0 Å². The van der Waals surface area contributed by atoms with Crippen LogP contribution in [0, 0.1) is 0 Å². The fraction of sp³-hybridized carbons (Fsp3) is 0.571. The van der Waals surface area contributed by atoms with E-state index in [4.69, 9.17) is 26.2 Å². The van der Waals surface area contributed by atoms with Gasteiger partial charge in [-0.05, 0) is 6.42 Å². The second-order valence-electron chi connectivity index (χ2n) is 5.56. The Bertz CT molecular complexity index is 623. The van der Waals surface area contributed by atoms with Crippen molar-refractivity contribution in [3.05, 3.63) is 0 Å². The molecule has 0 aliphatic heterocycles. The topological polar surface area (TPSA) is 245 Å². The Morgan fingerprint density at radius 1 is 0.857 bits per heavy atom. The second kappa shape index (κ2) is 12.2. The number of hydrogen-bond donors (Lipinski definition) is 8. The predicted molar refractivity (Wildman–Crippen MR) is 88.7 cm³/mol. The van der Waals surface area contributed by atoms with Crippen LogP contribution in [0.4, 0.5) is 0 Å². The van der Waals surface area contributed by atoms with Crippen LogP contribution in [0.1, 0.15) is 19.3 Å². The molecule has 0 radical (unpaired) electrons. The van der Waals surface area contributed by atoms with Crippen LogP contribution in [0.25, 0.3) is 0 Å². The summed E-state index contributed by atoms with van der Waals surface area (Å²) < 4.78 is 0. The largest absolute Gasteiger partial charge is 0.481 e. The molecule has 28 heavy (non-hydrogen) atoms. The zero-order chi connectivity index (χ0) is 21.9. The summed E-state index contributed by atoms with van der Waals surface area (Å²) in [7, 11) is 0. The molecule has 0 saturated carbocycles. The minimum atomic E-state index is -1.53. The minimum absolute atomic E-state index is 0.374. The van der Waals surface area contributed by atoms with Gasteiger partial charge < -0.3 is 42.1 Å². The number of carboxylic acid groups (broad SMARTS) is 3. The lowest BCUT2D eigenvalue weighted by atomic mass is 10.1. The van der Waals surface area contributed by atoms with Gasteiger partial charge in [-0.1, -0.05) is 0 Å². The zero-order valence-corrected chi connectivity index (χ0v) is 14.6. The van der Waals surface area contributed by atoms with Crippen molar-refractivity contribution >= 4 is 35.6 Å². The molecule has 0 fully saturated rings. The van der Waals surface area contributed by atoms with Crippen LogP contribution < -0.4 is 21.7 Å². The Morgan fingerprint density at radius 2 is 1.46 bits per heavy atom. The summed E-state index contributed by atoms with van der Waals surface area (Å²) in [6, 6.07) is -4.47. The molecule has 0 aliphatic rings. The van der Waals surface area contributed by atoms with Crippen LogP contribution in [-0.2, 0) is 28.8 Å². The lowest BCUT2D eigenvalue weighted by Crippen LogP contribution is -2.55. The van der Waals surface area contributed by atoms with Gasteiger partial charge in [0.05, 0.1) is 25.6 Å². The van der Waals surface area contributed by atoms with E-state index in [0.717, 1.165) is 0 Å². The maximum Gasteiger partial charge on any atom is 0.326 e. The van der Waals surface area contributed by atoms with E-state index in [1.807, 2.05) is 16.0 Å². The normalized spacial score (nSPS) is 13.5. The van der Waals surface area contributed by atoms with E-state index in [1.54, 1.807) is 0 Å². The van der Waals surface area contributed by atoms with Crippen LogP contribution in [0.5, 0.6) is 0 Å². The van der Waals surface area contributed by atoms with E-state index in [9.17, 15) is 28.8 Å². The SMILES string of the molecule is N[C@@H](CC(=O)O)C(=O)N[C@@H](CO)C(=O)NCC(=O)N[C@@H](CCC(=O)O)C(=O)O. The van der Waals surface area contributed by atoms with Crippen molar-refractivity contribution in [1.82, 2.24) is 16.0 Å². The highest BCUT2D eigenvalue weighted by molar-refractivity contribution is 5.93. The van der Waals surface area contributed by atoms with Crippen LogP contribution in [0.3, 0.4) is 0 Å². The molecule has 0 aromatic rings. The molecule has 0 aliphatic carbocycles. The Labute approximate surface area is 158 Å². The number of carboxylic acids is 3. The lowest BCUT2D eigenvalue weighted by Gasteiger charge is -2.19. The monoisotopic (exact) mass is 406 g/mol. The van der Waals surface area contributed by atoms with Gasteiger partial charge in [0, 0.05) is 6.42 Å². The number of amides is 3. The van der Waals surface area contributed by atoms with E-state index < -0.39 is 79.7 Å². The van der Waals surface area contributed by atoms with Gasteiger partial charge in [0.15, 0.2) is 0 Å². The summed E-state index contributed by atoms with van der Waals surface area (Å²) in [5, 5.41) is 41.2. The van der Waals surface area contributed by atoms with Crippen molar-refractivity contribution in [2.24, 2.45) is 5.73 Å². The molecule has 3 atom stereocenters. The first-order valence-corrected chi connectivity index (χ1v) is 7.88. The first-order chi connectivity index (χ1) is 13.0. The third kappa shape index (κ3) is 10.0. The molecule has 0 unspecified atom stereocenters. The van der Waals surface area contributed by atoms with Crippen molar-refractivity contribution in [2.45, 2.75) is 37.4 Å². The molecule has 9 N–H and O–H groups in total. The van der Waals surface area contributed by atoms with Crippen LogP contribution >= 0.6 is 0 Å². The maximum absolute atomic E-state index is 11.9. The summed E-state index contributed by atoms with van der Waals surface area (Å²) in [4.78, 5) is 67.2. The quantitative estimate of drug-likeness (QED) is 0.146. The van der Waals surface area contributed by atoms with Gasteiger partial charge in [-0.2, -0.15) is 0 Å². The van der Waals surface area contributed by atoms with Gasteiger partial charge in [-0.15, -0.1) is 0 Å². The summed E-state index contributed by atoms with van der Waals surface area (Å²) in [6.07, 6.45) is -1.58. The predicted octanol–water partition coefficient (Wildman–Crippen LogP) is -4.18. The zero-order valence-electron chi connectivity index (χ0n) is 14.6. The average Bonchev–Trinajstić information content (AvgIpc) is 2.59. The standard InChI is InChI=1S/C14H22N4O10/c15-6(3-11(23)24)12(25)18-8(5-19)13(26)16-4-9(20)17-7(14(27)28)1-2-10(21)22/h6-8,19H,1-5,15H2,(H,16,26)(H,17,20)(H,18,25)(H,21,22)(H,23,24)(H,27,28)/t6-,7-,8-/m0/s1. The van der Waals surface area contributed by atoms with Crippen LogP contribution in [-0.4, -0.2) is 87.3 Å². The first-order valence-electron chi connectivity index (χ1n) is 7.88. The van der Waals surface area contributed by atoms with Gasteiger partial charge in [0.1, 0.15) is 12.1 Å². The average molecular weight is 406 g/mol. The number of nitrogens with one attached hydrogen (secondary N) is 3. The van der Waals surface area contributed by atoms with E-state index in [2.05, 4.69) is 0 Å². The Morgan fingerprint density at radius 3 is 1.93 bits per heavy atom. The fourth-order valence-corrected chi connectivity index (χ4v) is 1.81. The number of nitrogens with two attached hydrogens (primary N) is 1. The molecule has 0 heterocycles. The van der Waals surface area contributed by atoms with Crippen molar-refractivity contribution in [1.29, 1.82) is 0 Å². The van der Waals surface area contributed by atoms with Gasteiger partial charge in [-0.25, -0.2) is 4.79 Å². The number of aliphatic hydroxyl groups is 1. The second-order valence-corrected chi connectivity index (χ2v) is 5.56. The van der Waals surface area contributed by atoms with Gasteiger partial charge >= 0.3 is 17.9 Å². The van der Waals surface area contributed by atoms with Gasteiger partial charge in [0.25, 0.3) is 0 Å². The van der Waals surface area contributed by atoms with Crippen LogP contribution in [0.2, 0.25) is 0 Å². The number of carbonyl (C=O) groups is 6. The Kier molecular flexibility index (Phi) is 10.8. The Hall–Kier alpha value is -3.26. The Balaban J connectivity index is 4.59. The summed E-state index contributed by atoms with van der Waals surface area (Å²) in [5.41, 5.74) is 5.31. The molecule has 3 amide bonds. The molecule has 0 aromatic heterocycles. The third-order valence-corrected chi connectivity index (χ3v) is 3.25. The van der Waals surface area contributed by atoms with Crippen LogP contribution in [0.15, 0.2) is 0 Å². The highest BCUT2D eigenvalue weighted by atomic mass is 16.4. The van der Waals surface area contributed by atoms with Gasteiger partial charge in [-0.3, -0.25) is 24.0 Å². The molecule has 0 aromatic carbocycles. The van der Waals surface area contributed by atoms with Crippen molar-refractivity contribution in [3.63, 3.8) is 0 Å². The number of hydrogen-bond acceptors (Lipinski definition) is 8. The van der Waals surface area contributed by atoms with E-state index >= 15 is 0 Å².